The lowest BCUT2D eigenvalue weighted by molar-refractivity contribution is -0.218. The van der Waals surface area contributed by atoms with Crippen molar-refractivity contribution in [2.45, 2.75) is 90.4 Å². The first-order valence-corrected chi connectivity index (χ1v) is 15.4. The first kappa shape index (κ1) is 29.5. The van der Waals surface area contributed by atoms with Crippen LogP contribution in [0.2, 0.25) is 0 Å². The van der Waals surface area contributed by atoms with Crippen LogP contribution >= 0.6 is 0 Å². The minimum atomic E-state index is -1.33. The van der Waals surface area contributed by atoms with E-state index in [0.717, 1.165) is 50.5 Å². The average Bonchev–Trinajstić information content (AvgIpc) is 2.87. The molecule has 2 bridgehead atoms. The fourth-order valence-electron chi connectivity index (χ4n) is 9.58. The van der Waals surface area contributed by atoms with Crippen molar-refractivity contribution in [2.75, 3.05) is 19.8 Å². The van der Waals surface area contributed by atoms with Crippen LogP contribution < -0.4 is 5.73 Å². The summed E-state index contributed by atoms with van der Waals surface area (Å²) in [5.41, 5.74) is 6.78. The highest BCUT2D eigenvalue weighted by atomic mass is 16.7. The Morgan fingerprint density at radius 3 is 2.62 bits per heavy atom. The number of hydrogen-bond donors (Lipinski definition) is 3. The Morgan fingerprint density at radius 2 is 1.95 bits per heavy atom. The number of ketones is 1. The third-order valence-corrected chi connectivity index (χ3v) is 10.9. The zero-order valence-corrected chi connectivity index (χ0v) is 24.1. The summed E-state index contributed by atoms with van der Waals surface area (Å²) in [5, 5.41) is 19.9. The van der Waals surface area contributed by atoms with E-state index >= 15 is 0 Å². The van der Waals surface area contributed by atoms with Crippen molar-refractivity contribution in [2.24, 2.45) is 58.5 Å². The number of nitrogens with two attached hydrogens (primary N) is 1. The molecule has 224 valence electrons. The van der Waals surface area contributed by atoms with Crippen LogP contribution in [-0.4, -0.2) is 66.2 Å². The quantitative estimate of drug-likeness (QED) is 0.346. The third-order valence-electron chi connectivity index (χ3n) is 10.9. The zero-order chi connectivity index (χ0) is 28.8. The standard InChI is InChI=1S/C31H47NO8/c1-4-5-18(32)13-39-28-21-14-38-15-31(12-25(28)40-30(36)37)22(21)9-8-19-20-7-6-17(10-16(2)3)26(29(34)35)27(20)24(33)11-23(19)31/h11,16-22,25-28H,4-10,12-15,32H2,1-3H3,(H,34,35)(H,36,37)/t17?,18?,19?,20?,21?,22?,25-,26-,27?,28-,31-/m1/s1. The second-order valence-electron chi connectivity index (χ2n) is 13.6. The fourth-order valence-corrected chi connectivity index (χ4v) is 9.58. The molecule has 0 amide bonds. The number of aliphatic carboxylic acids is 1. The molecule has 5 rings (SSSR count). The smallest absolute Gasteiger partial charge is 0.481 e. The molecule has 4 fully saturated rings. The minimum Gasteiger partial charge on any atom is -0.481 e. The van der Waals surface area contributed by atoms with Crippen molar-refractivity contribution in [3.05, 3.63) is 11.6 Å². The molecule has 4 aliphatic carbocycles. The highest BCUT2D eigenvalue weighted by Crippen LogP contribution is 2.64. The van der Waals surface area contributed by atoms with Gasteiger partial charge < -0.3 is 30.2 Å². The van der Waals surface area contributed by atoms with Gasteiger partial charge in [-0.1, -0.05) is 32.8 Å². The van der Waals surface area contributed by atoms with Gasteiger partial charge in [0.1, 0.15) is 6.10 Å². The number of fused-ring (bicyclic) bond motifs is 3. The van der Waals surface area contributed by atoms with E-state index in [1.165, 1.54) is 0 Å². The van der Waals surface area contributed by atoms with Crippen molar-refractivity contribution in [3.63, 3.8) is 0 Å². The lowest BCUT2D eigenvalue weighted by Crippen LogP contribution is -2.64. The maximum absolute atomic E-state index is 13.9. The van der Waals surface area contributed by atoms with Gasteiger partial charge in [0.05, 0.1) is 31.8 Å². The van der Waals surface area contributed by atoms with E-state index < -0.39 is 41.6 Å². The highest BCUT2D eigenvalue weighted by molar-refractivity contribution is 5.97. The second-order valence-corrected chi connectivity index (χ2v) is 13.6. The van der Waals surface area contributed by atoms with Gasteiger partial charge in [0, 0.05) is 23.3 Å². The number of carbonyl (C=O) groups is 3. The minimum absolute atomic E-state index is 0.00688. The van der Waals surface area contributed by atoms with E-state index in [4.69, 9.17) is 19.9 Å². The predicted octanol–water partition coefficient (Wildman–Crippen LogP) is 4.52. The molecule has 9 heteroatoms. The Balaban J connectivity index is 1.47. The van der Waals surface area contributed by atoms with Gasteiger partial charge in [-0.2, -0.15) is 0 Å². The third kappa shape index (κ3) is 5.22. The van der Waals surface area contributed by atoms with Gasteiger partial charge in [0.25, 0.3) is 0 Å². The van der Waals surface area contributed by atoms with Crippen LogP contribution in [-0.2, 0) is 23.8 Å². The van der Waals surface area contributed by atoms with Gasteiger partial charge in [-0.25, -0.2) is 4.79 Å². The van der Waals surface area contributed by atoms with Gasteiger partial charge in [0.2, 0.25) is 0 Å². The fraction of sp³-hybridized carbons (Fsp3) is 0.839. The summed E-state index contributed by atoms with van der Waals surface area (Å²) in [6.45, 7) is 7.49. The maximum atomic E-state index is 13.9. The molecule has 5 aliphatic rings. The molecule has 0 radical (unpaired) electrons. The number of rotatable bonds is 9. The molecule has 0 aromatic rings. The molecule has 7 unspecified atom stereocenters. The van der Waals surface area contributed by atoms with E-state index in [1.807, 2.05) is 0 Å². The number of allylic oxidation sites excluding steroid dienone is 1. The van der Waals surface area contributed by atoms with E-state index in [0.29, 0.717) is 32.2 Å². The largest absolute Gasteiger partial charge is 0.506 e. The van der Waals surface area contributed by atoms with Crippen molar-refractivity contribution in [3.8, 4) is 0 Å². The number of carboxylic acid groups (broad SMARTS) is 2. The molecule has 0 aromatic carbocycles. The van der Waals surface area contributed by atoms with Crippen LogP contribution in [0.5, 0.6) is 0 Å². The molecule has 1 aliphatic heterocycles. The molecular formula is C31H47NO8. The molecule has 4 N–H and O–H groups in total. The summed E-state index contributed by atoms with van der Waals surface area (Å²) in [5.74, 6) is -1.49. The first-order valence-electron chi connectivity index (χ1n) is 15.4. The molecule has 0 aromatic heterocycles. The van der Waals surface area contributed by atoms with Gasteiger partial charge in [-0.05, 0) is 80.6 Å². The van der Waals surface area contributed by atoms with E-state index in [1.54, 1.807) is 6.08 Å². The van der Waals surface area contributed by atoms with Crippen LogP contribution in [0.3, 0.4) is 0 Å². The number of carboxylic acids is 1. The van der Waals surface area contributed by atoms with Crippen molar-refractivity contribution in [1.29, 1.82) is 0 Å². The van der Waals surface area contributed by atoms with Crippen LogP contribution in [0, 0.1) is 52.8 Å². The zero-order valence-electron chi connectivity index (χ0n) is 24.1. The summed E-state index contributed by atoms with van der Waals surface area (Å²) in [7, 11) is 0. The summed E-state index contributed by atoms with van der Waals surface area (Å²) in [6.07, 6.45) is 5.75. The first-order chi connectivity index (χ1) is 19.1. The number of hydrogen-bond acceptors (Lipinski definition) is 7. The molecule has 1 saturated heterocycles. The topological polar surface area (TPSA) is 145 Å². The molecule has 9 nitrogen and oxygen atoms in total. The lowest BCUT2D eigenvalue weighted by Gasteiger charge is -2.62. The van der Waals surface area contributed by atoms with Gasteiger partial charge in [-0.3, -0.25) is 9.59 Å². The Labute approximate surface area is 237 Å². The Bertz CT molecular complexity index is 1010. The van der Waals surface area contributed by atoms with Crippen LogP contribution in [0.4, 0.5) is 4.79 Å². The van der Waals surface area contributed by atoms with Crippen molar-refractivity contribution < 1.29 is 38.8 Å². The number of carbonyl (C=O) groups excluding carboxylic acids is 1. The molecule has 0 spiro atoms. The van der Waals surface area contributed by atoms with E-state index in [2.05, 4.69) is 20.8 Å². The SMILES string of the molecule is CCCC(N)CO[C@@H]1C2COC[C@@]3(C[C@H]1OC(=O)O)C1=CC(=O)C4C(CCC(CC(C)C)[C@H]4C(=O)O)C1CCC23. The van der Waals surface area contributed by atoms with Crippen LogP contribution in [0.25, 0.3) is 0 Å². The Morgan fingerprint density at radius 1 is 1.18 bits per heavy atom. The maximum Gasteiger partial charge on any atom is 0.506 e. The summed E-state index contributed by atoms with van der Waals surface area (Å²) >= 11 is 0. The van der Waals surface area contributed by atoms with E-state index in [9.17, 15) is 24.6 Å². The highest BCUT2D eigenvalue weighted by Gasteiger charge is 2.64. The second kappa shape index (κ2) is 11.7. The number of ether oxygens (including phenoxy) is 3. The van der Waals surface area contributed by atoms with Crippen molar-refractivity contribution in [1.82, 2.24) is 0 Å². The normalized spacial score (nSPS) is 41.3. The summed E-state index contributed by atoms with van der Waals surface area (Å²) in [6, 6.07) is -0.133. The van der Waals surface area contributed by atoms with Crippen molar-refractivity contribution >= 4 is 17.9 Å². The lowest BCUT2D eigenvalue weighted by atomic mass is 9.45. The molecule has 1 heterocycles. The monoisotopic (exact) mass is 561 g/mol. The van der Waals surface area contributed by atoms with Gasteiger partial charge >= 0.3 is 12.1 Å². The van der Waals surface area contributed by atoms with Gasteiger partial charge in [0.15, 0.2) is 5.78 Å². The summed E-state index contributed by atoms with van der Waals surface area (Å²) in [4.78, 5) is 38.2. The average molecular weight is 562 g/mol. The summed E-state index contributed by atoms with van der Waals surface area (Å²) < 4.78 is 18.0. The molecule has 3 saturated carbocycles. The molecule has 40 heavy (non-hydrogen) atoms. The van der Waals surface area contributed by atoms with Crippen LogP contribution in [0.1, 0.15) is 72.1 Å². The Kier molecular flexibility index (Phi) is 8.65. The Hall–Kier alpha value is -1.97. The molecule has 11 atom stereocenters. The van der Waals surface area contributed by atoms with Gasteiger partial charge in [-0.15, -0.1) is 0 Å². The van der Waals surface area contributed by atoms with E-state index in [-0.39, 0.29) is 41.4 Å². The van der Waals surface area contributed by atoms with Crippen LogP contribution in [0.15, 0.2) is 11.6 Å². The predicted molar refractivity (Wildman–Crippen MR) is 146 cm³/mol. The molecular weight excluding hydrogens is 514 g/mol.